The summed E-state index contributed by atoms with van der Waals surface area (Å²) in [5.74, 6) is 2.10. The first-order valence-electron chi connectivity index (χ1n) is 9.63. The zero-order valence-corrected chi connectivity index (χ0v) is 16.2. The minimum atomic E-state index is 0.453. The van der Waals surface area contributed by atoms with Gasteiger partial charge in [0.05, 0.1) is 0 Å². The van der Waals surface area contributed by atoms with E-state index in [1.807, 2.05) is 13.0 Å². The lowest BCUT2D eigenvalue weighted by molar-refractivity contribution is 0.706. The highest BCUT2D eigenvalue weighted by molar-refractivity contribution is 5.62. The third-order valence-corrected chi connectivity index (χ3v) is 5.10. The predicted molar refractivity (Wildman–Crippen MR) is 112 cm³/mol. The summed E-state index contributed by atoms with van der Waals surface area (Å²) in [5, 5.41) is 3.52. The van der Waals surface area contributed by atoms with E-state index in [0.29, 0.717) is 5.92 Å². The van der Waals surface area contributed by atoms with Gasteiger partial charge in [0.25, 0.3) is 0 Å². The first-order chi connectivity index (χ1) is 13.1. The molecule has 0 fully saturated rings. The fourth-order valence-electron chi connectivity index (χ4n) is 3.68. The minimum absolute atomic E-state index is 0.453. The number of nitrogens with zero attached hydrogens (tertiary/aromatic N) is 3. The van der Waals surface area contributed by atoms with Crippen LogP contribution in [-0.4, -0.2) is 16.5 Å². The molecule has 0 unspecified atom stereocenters. The molecule has 1 aromatic heterocycles. The number of nitrogens with one attached hydrogen (secondary N) is 1. The summed E-state index contributed by atoms with van der Waals surface area (Å²) in [6, 6.07) is 19.1. The van der Waals surface area contributed by atoms with Gasteiger partial charge in [0, 0.05) is 30.5 Å². The molecule has 4 heteroatoms. The maximum absolute atomic E-state index is 4.83. The minimum Gasteiger partial charge on any atom is -0.340 e. The molecule has 3 aromatic rings. The topological polar surface area (TPSA) is 41.1 Å². The first kappa shape index (κ1) is 17.5. The van der Waals surface area contributed by atoms with Crippen molar-refractivity contribution in [2.45, 2.75) is 39.7 Å². The van der Waals surface area contributed by atoms with E-state index in [-0.39, 0.29) is 0 Å². The van der Waals surface area contributed by atoms with E-state index in [1.54, 1.807) is 0 Å². The molecular weight excluding hydrogens is 332 g/mol. The highest BCUT2D eigenvalue weighted by atomic mass is 15.3. The number of hydrogen-bond donors (Lipinski definition) is 1. The van der Waals surface area contributed by atoms with Crippen molar-refractivity contribution in [3.8, 4) is 0 Å². The average Bonchev–Trinajstić information content (AvgIpc) is 2.67. The van der Waals surface area contributed by atoms with Crippen LogP contribution >= 0.6 is 0 Å². The molecule has 0 amide bonds. The molecular formula is C23H26N4. The van der Waals surface area contributed by atoms with E-state index in [1.165, 1.54) is 16.7 Å². The normalized spacial score (nSPS) is 13.6. The molecule has 2 heterocycles. The van der Waals surface area contributed by atoms with E-state index in [0.717, 1.165) is 42.7 Å². The van der Waals surface area contributed by atoms with E-state index < -0.39 is 0 Å². The van der Waals surface area contributed by atoms with Crippen LogP contribution in [0.5, 0.6) is 0 Å². The number of anilines is 3. The maximum Gasteiger partial charge on any atom is 0.227 e. The molecule has 0 bridgehead atoms. The molecule has 0 saturated heterocycles. The van der Waals surface area contributed by atoms with Gasteiger partial charge in [0.2, 0.25) is 5.95 Å². The van der Waals surface area contributed by atoms with Gasteiger partial charge >= 0.3 is 0 Å². The lowest BCUT2D eigenvalue weighted by Gasteiger charge is -2.29. The quantitative estimate of drug-likeness (QED) is 0.695. The lowest BCUT2D eigenvalue weighted by Crippen LogP contribution is -2.32. The van der Waals surface area contributed by atoms with Crippen molar-refractivity contribution in [1.82, 2.24) is 9.97 Å². The van der Waals surface area contributed by atoms with Gasteiger partial charge in [-0.3, -0.25) is 0 Å². The Hall–Kier alpha value is -2.88. The second-order valence-electron chi connectivity index (χ2n) is 7.50. The Bertz CT molecular complexity index is 949. The van der Waals surface area contributed by atoms with Gasteiger partial charge in [-0.25, -0.2) is 4.98 Å². The maximum atomic E-state index is 4.83. The highest BCUT2D eigenvalue weighted by Gasteiger charge is 2.19. The Balaban J connectivity index is 1.61. The molecule has 4 nitrogen and oxygen atoms in total. The van der Waals surface area contributed by atoms with E-state index in [4.69, 9.17) is 9.97 Å². The highest BCUT2D eigenvalue weighted by Crippen LogP contribution is 2.28. The number of fused-ring (bicyclic) bond motifs is 1. The fourth-order valence-corrected chi connectivity index (χ4v) is 3.68. The Labute approximate surface area is 161 Å². The third kappa shape index (κ3) is 3.80. The molecule has 1 aliphatic heterocycles. The van der Waals surface area contributed by atoms with Crippen molar-refractivity contribution in [1.29, 1.82) is 0 Å². The molecule has 0 aliphatic carbocycles. The summed E-state index contributed by atoms with van der Waals surface area (Å²) in [6.07, 6.45) is 1.03. The first-order valence-corrected chi connectivity index (χ1v) is 9.63. The fraction of sp³-hybridized carbons (Fsp3) is 0.304. The van der Waals surface area contributed by atoms with E-state index in [2.05, 4.69) is 72.6 Å². The number of rotatable bonds is 4. The van der Waals surface area contributed by atoms with E-state index >= 15 is 0 Å². The molecule has 0 spiro atoms. The van der Waals surface area contributed by atoms with Crippen LogP contribution in [0.2, 0.25) is 0 Å². The van der Waals surface area contributed by atoms with Crippen LogP contribution in [0.3, 0.4) is 0 Å². The zero-order chi connectivity index (χ0) is 18.8. The number of benzene rings is 2. The molecule has 0 radical (unpaired) electrons. The lowest BCUT2D eigenvalue weighted by atomic mass is 10.0. The van der Waals surface area contributed by atoms with Crippen molar-refractivity contribution < 1.29 is 0 Å². The largest absolute Gasteiger partial charge is 0.340 e. The second kappa shape index (κ2) is 7.39. The van der Waals surface area contributed by atoms with Gasteiger partial charge in [-0.2, -0.15) is 4.98 Å². The summed E-state index contributed by atoms with van der Waals surface area (Å²) < 4.78 is 0. The number of para-hydroxylation sites is 1. The zero-order valence-electron chi connectivity index (χ0n) is 16.2. The predicted octanol–water partition coefficient (Wildman–Crippen LogP) is 5.21. The van der Waals surface area contributed by atoms with Gasteiger partial charge in [-0.15, -0.1) is 0 Å². The van der Waals surface area contributed by atoms with Gasteiger partial charge in [-0.05, 0) is 42.0 Å². The van der Waals surface area contributed by atoms with Gasteiger partial charge in [0.15, 0.2) is 0 Å². The van der Waals surface area contributed by atoms with Crippen molar-refractivity contribution in [3.05, 3.63) is 77.0 Å². The van der Waals surface area contributed by atoms with E-state index in [9.17, 15) is 0 Å². The molecule has 1 N–H and O–H groups in total. The Morgan fingerprint density at radius 2 is 1.70 bits per heavy atom. The summed E-state index contributed by atoms with van der Waals surface area (Å²) in [6.45, 7) is 8.26. The van der Waals surface area contributed by atoms with Crippen LogP contribution in [-0.2, 0) is 13.0 Å². The Kier molecular flexibility index (Phi) is 4.80. The van der Waals surface area contributed by atoms with Crippen molar-refractivity contribution in [2.75, 3.05) is 16.8 Å². The average molecular weight is 358 g/mol. The van der Waals surface area contributed by atoms with Gasteiger partial charge < -0.3 is 10.2 Å². The third-order valence-electron chi connectivity index (χ3n) is 5.10. The van der Waals surface area contributed by atoms with Crippen LogP contribution in [0.1, 0.15) is 42.1 Å². The molecule has 2 aromatic carbocycles. The molecule has 0 atom stereocenters. The summed E-state index contributed by atoms with van der Waals surface area (Å²) >= 11 is 0. The van der Waals surface area contributed by atoms with Crippen LogP contribution in [0.25, 0.3) is 0 Å². The molecule has 4 rings (SSSR count). The summed E-state index contributed by atoms with van der Waals surface area (Å²) in [4.78, 5) is 11.8. The van der Waals surface area contributed by atoms with Crippen molar-refractivity contribution >= 4 is 17.5 Å². The summed E-state index contributed by atoms with van der Waals surface area (Å²) in [7, 11) is 0. The Morgan fingerprint density at radius 1 is 0.963 bits per heavy atom. The van der Waals surface area contributed by atoms with Gasteiger partial charge in [-0.1, -0.05) is 56.3 Å². The molecule has 0 saturated carbocycles. The van der Waals surface area contributed by atoms with Crippen molar-refractivity contribution in [3.63, 3.8) is 0 Å². The number of hydrogen-bond acceptors (Lipinski definition) is 4. The number of aryl methyl sites for hydroxylation is 1. The second-order valence-corrected chi connectivity index (χ2v) is 7.50. The number of aromatic nitrogens is 2. The van der Waals surface area contributed by atoms with Crippen LogP contribution in [0.4, 0.5) is 17.5 Å². The van der Waals surface area contributed by atoms with Crippen molar-refractivity contribution in [2.24, 2.45) is 0 Å². The standard InChI is InChI=1S/C23H26N4/c1-16(2)20-10-6-7-11-21(20)25-22-14-17(3)24-23(26-22)27-13-12-18-8-4-5-9-19(18)15-27/h4-11,14,16H,12-13,15H2,1-3H3,(H,24,25,26). The SMILES string of the molecule is Cc1cc(Nc2ccccc2C(C)C)nc(N2CCc3ccccc3C2)n1. The molecule has 27 heavy (non-hydrogen) atoms. The van der Waals surface area contributed by atoms with Crippen LogP contribution < -0.4 is 10.2 Å². The van der Waals surface area contributed by atoms with Gasteiger partial charge in [0.1, 0.15) is 5.82 Å². The molecule has 138 valence electrons. The Morgan fingerprint density at radius 3 is 2.52 bits per heavy atom. The summed E-state index contributed by atoms with van der Waals surface area (Å²) in [5.41, 5.74) is 6.19. The monoisotopic (exact) mass is 358 g/mol. The molecule has 1 aliphatic rings. The smallest absolute Gasteiger partial charge is 0.227 e. The van der Waals surface area contributed by atoms with Crippen LogP contribution in [0, 0.1) is 6.92 Å². The van der Waals surface area contributed by atoms with Crippen LogP contribution in [0.15, 0.2) is 54.6 Å².